The maximum Gasteiger partial charge on any atom is 0.130 e. The van der Waals surface area contributed by atoms with Crippen LogP contribution in [0.2, 0.25) is 5.02 Å². The summed E-state index contributed by atoms with van der Waals surface area (Å²) < 4.78 is 1.74. The van der Waals surface area contributed by atoms with Crippen molar-refractivity contribution in [1.82, 2.24) is 9.78 Å². The van der Waals surface area contributed by atoms with Crippen LogP contribution in [-0.2, 0) is 6.42 Å². The summed E-state index contributed by atoms with van der Waals surface area (Å²) in [7, 11) is 0. The van der Waals surface area contributed by atoms with E-state index < -0.39 is 0 Å². The molecule has 20 heavy (non-hydrogen) atoms. The van der Waals surface area contributed by atoms with Crippen LogP contribution in [0.1, 0.15) is 11.1 Å². The van der Waals surface area contributed by atoms with Crippen molar-refractivity contribution in [3.8, 4) is 5.69 Å². The van der Waals surface area contributed by atoms with Crippen molar-refractivity contribution in [1.29, 1.82) is 0 Å². The van der Waals surface area contributed by atoms with Crippen LogP contribution in [0.3, 0.4) is 0 Å². The van der Waals surface area contributed by atoms with Crippen molar-refractivity contribution in [2.45, 2.75) is 6.42 Å². The number of rotatable bonds is 3. The van der Waals surface area contributed by atoms with E-state index in [9.17, 15) is 0 Å². The third-order valence-corrected chi connectivity index (χ3v) is 3.59. The fourth-order valence-electron chi connectivity index (χ4n) is 2.15. The summed E-state index contributed by atoms with van der Waals surface area (Å²) in [4.78, 5) is 0. The summed E-state index contributed by atoms with van der Waals surface area (Å²) in [5.41, 5.74) is 9.17. The fraction of sp³-hybridized carbons (Fsp3) is 0.0625. The number of benzene rings is 2. The Morgan fingerprint density at radius 1 is 0.950 bits per heavy atom. The van der Waals surface area contributed by atoms with Crippen molar-refractivity contribution >= 4 is 17.4 Å². The minimum absolute atomic E-state index is 0.649. The van der Waals surface area contributed by atoms with Crippen molar-refractivity contribution in [2.75, 3.05) is 5.73 Å². The first-order valence-corrected chi connectivity index (χ1v) is 6.74. The van der Waals surface area contributed by atoms with E-state index >= 15 is 0 Å². The summed E-state index contributed by atoms with van der Waals surface area (Å²) in [6.07, 6.45) is 2.48. The maximum absolute atomic E-state index is 6.19. The van der Waals surface area contributed by atoms with Crippen LogP contribution < -0.4 is 5.73 Å². The molecular formula is C16H14ClN3. The number of anilines is 1. The van der Waals surface area contributed by atoms with E-state index in [-0.39, 0.29) is 0 Å². The molecule has 3 nitrogen and oxygen atoms in total. The normalized spacial score (nSPS) is 10.7. The number of nitrogens with zero attached hydrogens (tertiary/aromatic N) is 2. The number of aromatic nitrogens is 2. The van der Waals surface area contributed by atoms with Gasteiger partial charge in [0.1, 0.15) is 5.82 Å². The van der Waals surface area contributed by atoms with Gasteiger partial charge in [0.05, 0.1) is 11.9 Å². The average molecular weight is 284 g/mol. The quantitative estimate of drug-likeness (QED) is 0.796. The molecule has 3 rings (SSSR count). The Bertz CT molecular complexity index is 720. The Balaban J connectivity index is 1.94. The van der Waals surface area contributed by atoms with E-state index in [1.54, 1.807) is 10.9 Å². The lowest BCUT2D eigenvalue weighted by Gasteiger charge is -2.06. The van der Waals surface area contributed by atoms with E-state index in [2.05, 4.69) is 5.10 Å². The molecule has 0 spiro atoms. The first kappa shape index (κ1) is 12.8. The van der Waals surface area contributed by atoms with Gasteiger partial charge in [-0.2, -0.15) is 5.10 Å². The van der Waals surface area contributed by atoms with Crippen LogP contribution in [0, 0.1) is 0 Å². The maximum atomic E-state index is 6.19. The predicted molar refractivity (Wildman–Crippen MR) is 82.2 cm³/mol. The first-order chi connectivity index (χ1) is 9.75. The molecule has 2 N–H and O–H groups in total. The lowest BCUT2D eigenvalue weighted by molar-refractivity contribution is 0.891. The van der Waals surface area contributed by atoms with E-state index in [1.807, 2.05) is 54.6 Å². The van der Waals surface area contributed by atoms with Crippen LogP contribution in [0.15, 0.2) is 60.8 Å². The van der Waals surface area contributed by atoms with Gasteiger partial charge >= 0.3 is 0 Å². The molecular weight excluding hydrogens is 270 g/mol. The topological polar surface area (TPSA) is 43.8 Å². The Morgan fingerprint density at radius 3 is 2.40 bits per heavy atom. The van der Waals surface area contributed by atoms with Gasteiger partial charge in [0.15, 0.2) is 0 Å². The molecule has 2 aromatic carbocycles. The lowest BCUT2D eigenvalue weighted by Crippen LogP contribution is -2.03. The van der Waals surface area contributed by atoms with Crippen LogP contribution in [-0.4, -0.2) is 9.78 Å². The van der Waals surface area contributed by atoms with Gasteiger partial charge in [-0.05, 0) is 23.8 Å². The second-order valence-electron chi connectivity index (χ2n) is 4.57. The summed E-state index contributed by atoms with van der Waals surface area (Å²) in [5, 5.41) is 5.11. The van der Waals surface area contributed by atoms with E-state index in [1.165, 1.54) is 0 Å². The predicted octanol–water partition coefficient (Wildman–Crippen LogP) is 3.70. The minimum atomic E-state index is 0.649. The monoisotopic (exact) mass is 283 g/mol. The van der Waals surface area contributed by atoms with Gasteiger partial charge in [0.25, 0.3) is 0 Å². The first-order valence-electron chi connectivity index (χ1n) is 6.37. The number of nitrogens with two attached hydrogens (primary N) is 1. The van der Waals surface area contributed by atoms with E-state index in [0.717, 1.165) is 21.8 Å². The fourth-order valence-corrected chi connectivity index (χ4v) is 2.35. The molecule has 0 saturated carbocycles. The van der Waals surface area contributed by atoms with Gasteiger partial charge in [0, 0.05) is 17.0 Å². The summed E-state index contributed by atoms with van der Waals surface area (Å²) in [5.74, 6) is 0.649. The van der Waals surface area contributed by atoms with E-state index in [4.69, 9.17) is 17.3 Å². The molecule has 0 saturated heterocycles. The Labute approximate surface area is 122 Å². The molecule has 1 aromatic heterocycles. The molecule has 0 amide bonds. The summed E-state index contributed by atoms with van der Waals surface area (Å²) in [6.45, 7) is 0. The average Bonchev–Trinajstić information content (AvgIpc) is 2.84. The lowest BCUT2D eigenvalue weighted by atomic mass is 10.1. The highest BCUT2D eigenvalue weighted by molar-refractivity contribution is 6.31. The molecule has 0 bridgehead atoms. The number of halogens is 1. The summed E-state index contributed by atoms with van der Waals surface area (Å²) >= 11 is 6.18. The minimum Gasteiger partial charge on any atom is -0.383 e. The third kappa shape index (κ3) is 2.40. The zero-order chi connectivity index (χ0) is 13.9. The molecule has 0 aliphatic heterocycles. The van der Waals surface area contributed by atoms with Gasteiger partial charge in [-0.15, -0.1) is 0 Å². The van der Waals surface area contributed by atoms with Crippen molar-refractivity contribution < 1.29 is 0 Å². The Kier molecular flexibility index (Phi) is 3.44. The standard InChI is InChI=1S/C16H14ClN3/c17-15-9-5-4-6-12(15)10-13-11-19-20(16(13)18)14-7-2-1-3-8-14/h1-9,11H,10,18H2. The zero-order valence-electron chi connectivity index (χ0n) is 10.8. The van der Waals surface area contributed by atoms with Gasteiger partial charge in [-0.3, -0.25) is 0 Å². The highest BCUT2D eigenvalue weighted by Crippen LogP contribution is 2.23. The molecule has 4 heteroatoms. The second kappa shape index (κ2) is 5.39. The molecule has 0 fully saturated rings. The third-order valence-electron chi connectivity index (χ3n) is 3.23. The molecule has 0 unspecified atom stereocenters. The number of nitrogen functional groups attached to an aromatic ring is 1. The highest BCUT2D eigenvalue weighted by atomic mass is 35.5. The highest BCUT2D eigenvalue weighted by Gasteiger charge is 2.10. The van der Waals surface area contributed by atoms with Crippen molar-refractivity contribution in [3.05, 3.63) is 76.9 Å². The Hall–Kier alpha value is -2.26. The molecule has 0 radical (unpaired) electrons. The molecule has 100 valence electrons. The van der Waals surface area contributed by atoms with Crippen LogP contribution in [0.5, 0.6) is 0 Å². The largest absolute Gasteiger partial charge is 0.383 e. The number of hydrogen-bond donors (Lipinski definition) is 1. The van der Waals surface area contributed by atoms with Crippen LogP contribution >= 0.6 is 11.6 Å². The number of para-hydroxylation sites is 1. The van der Waals surface area contributed by atoms with Gasteiger partial charge in [-0.25, -0.2) is 4.68 Å². The van der Waals surface area contributed by atoms with Gasteiger partial charge in [-0.1, -0.05) is 48.0 Å². The Morgan fingerprint density at radius 2 is 1.65 bits per heavy atom. The molecule has 0 atom stereocenters. The van der Waals surface area contributed by atoms with Crippen molar-refractivity contribution in [2.24, 2.45) is 0 Å². The van der Waals surface area contributed by atoms with Gasteiger partial charge < -0.3 is 5.73 Å². The molecule has 1 heterocycles. The van der Waals surface area contributed by atoms with Gasteiger partial charge in [0.2, 0.25) is 0 Å². The molecule has 3 aromatic rings. The number of hydrogen-bond acceptors (Lipinski definition) is 2. The second-order valence-corrected chi connectivity index (χ2v) is 4.98. The molecule has 0 aliphatic rings. The van der Waals surface area contributed by atoms with Crippen LogP contribution in [0.4, 0.5) is 5.82 Å². The molecule has 0 aliphatic carbocycles. The SMILES string of the molecule is Nc1c(Cc2ccccc2Cl)cnn1-c1ccccc1. The van der Waals surface area contributed by atoms with E-state index in [0.29, 0.717) is 12.2 Å². The van der Waals surface area contributed by atoms with Crippen molar-refractivity contribution in [3.63, 3.8) is 0 Å². The smallest absolute Gasteiger partial charge is 0.130 e. The zero-order valence-corrected chi connectivity index (χ0v) is 11.6. The summed E-state index contributed by atoms with van der Waals surface area (Å²) in [6, 6.07) is 17.6. The van der Waals surface area contributed by atoms with Crippen LogP contribution in [0.25, 0.3) is 5.69 Å².